The fraction of sp³-hybridized carbons (Fsp3) is 0.429. The Morgan fingerprint density at radius 1 is 0.962 bits per heavy atom. The maximum absolute atomic E-state index is 5.28. The van der Waals surface area contributed by atoms with E-state index in [1.165, 1.54) is 0 Å². The van der Waals surface area contributed by atoms with Crippen LogP contribution in [0.3, 0.4) is 0 Å². The second kappa shape index (κ2) is 15.0. The van der Waals surface area contributed by atoms with Crippen LogP contribution in [0, 0.1) is 0 Å². The molecule has 0 aliphatic rings. The molecule has 0 bridgehead atoms. The fourth-order valence-electron chi connectivity index (χ4n) is 1.38. The summed E-state index contributed by atoms with van der Waals surface area (Å²) < 4.78 is 0. The van der Waals surface area contributed by atoms with E-state index in [9.17, 15) is 0 Å². The zero-order valence-corrected chi connectivity index (χ0v) is 17.1. The summed E-state index contributed by atoms with van der Waals surface area (Å²) in [4.78, 5) is 4.20. The molecule has 0 radical (unpaired) electrons. The van der Waals surface area contributed by atoms with E-state index in [2.05, 4.69) is 66.9 Å². The molecule has 0 aromatic heterocycles. The topological polar surface area (TPSA) is 138 Å². The first-order valence-electron chi connectivity index (χ1n) is 7.58. The van der Waals surface area contributed by atoms with Crippen LogP contribution in [0.4, 0.5) is 0 Å². The van der Waals surface area contributed by atoms with Crippen LogP contribution in [0.15, 0.2) is 26.4 Å². The van der Waals surface area contributed by atoms with Crippen molar-refractivity contribution >= 4 is 75.5 Å². The predicted octanol–water partition coefficient (Wildman–Crippen LogP) is 1.05. The van der Waals surface area contributed by atoms with Gasteiger partial charge >= 0.3 is 0 Å². The van der Waals surface area contributed by atoms with Crippen molar-refractivity contribution in [3.63, 3.8) is 0 Å². The lowest BCUT2D eigenvalue weighted by molar-refractivity contribution is 0.986. The van der Waals surface area contributed by atoms with Gasteiger partial charge in [-0.2, -0.15) is 10.2 Å². The van der Waals surface area contributed by atoms with Crippen LogP contribution >= 0.6 is 36.7 Å². The van der Waals surface area contributed by atoms with Gasteiger partial charge in [0, 0.05) is 23.5 Å². The zero-order chi connectivity index (χ0) is 19.8. The van der Waals surface area contributed by atoms with Gasteiger partial charge in [0.1, 0.15) is 0 Å². The molecule has 0 fully saturated rings. The van der Waals surface area contributed by atoms with Gasteiger partial charge in [0.25, 0.3) is 0 Å². The first-order chi connectivity index (χ1) is 12.3. The third-order valence-corrected chi connectivity index (χ3v) is 2.87. The highest BCUT2D eigenvalue weighted by Crippen LogP contribution is 1.93. The number of aliphatic imine (C=N–C) groups is 1. The van der Waals surface area contributed by atoms with Crippen molar-refractivity contribution in [1.82, 2.24) is 16.3 Å². The second-order valence-electron chi connectivity index (χ2n) is 4.90. The van der Waals surface area contributed by atoms with Gasteiger partial charge in [-0.25, -0.2) is 10.4 Å². The van der Waals surface area contributed by atoms with Gasteiger partial charge in [0.05, 0.1) is 0 Å². The van der Waals surface area contributed by atoms with Crippen molar-refractivity contribution in [2.75, 3.05) is 0 Å². The van der Waals surface area contributed by atoms with E-state index >= 15 is 0 Å². The highest BCUT2D eigenvalue weighted by Gasteiger charge is 1.94. The van der Waals surface area contributed by atoms with Crippen molar-refractivity contribution < 1.29 is 0 Å². The van der Waals surface area contributed by atoms with Crippen LogP contribution in [-0.2, 0) is 0 Å². The standard InChI is InChI=1S/C14H23N9S3/c1-10(7-5-9-17-21-12(15)24)19-14(26)23-18-8-4-3-6-11(2)20-22-13(16)25/h4,9H,3,5-7H2,1-2H3,(H,23,26)(H3,15,21,24)(H3,16,22,25)/b17-9+,19-10+,20-11+. The van der Waals surface area contributed by atoms with E-state index in [-0.39, 0.29) is 15.3 Å². The largest absolute Gasteiger partial charge is 0.375 e. The molecule has 0 spiro atoms. The highest BCUT2D eigenvalue weighted by atomic mass is 32.1. The number of allylic oxidation sites excluding steroid dienone is 1. The minimum Gasteiger partial charge on any atom is -0.375 e. The highest BCUT2D eigenvalue weighted by molar-refractivity contribution is 7.80. The fourth-order valence-corrected chi connectivity index (χ4v) is 1.68. The summed E-state index contributed by atoms with van der Waals surface area (Å²) in [5.74, 6) is 2.73. The Kier molecular flexibility index (Phi) is 13.7. The lowest BCUT2D eigenvalue weighted by Gasteiger charge is -1.99. The molecule has 0 aliphatic heterocycles. The monoisotopic (exact) mass is 413 g/mol. The third-order valence-electron chi connectivity index (χ3n) is 2.51. The number of thiocarbonyl (C=S) groups is 3. The maximum atomic E-state index is 5.28. The van der Waals surface area contributed by atoms with Crippen LogP contribution in [0.2, 0.25) is 0 Å². The quantitative estimate of drug-likeness (QED) is 0.215. The minimum atomic E-state index is 0.127. The van der Waals surface area contributed by atoms with Crippen molar-refractivity contribution in [1.29, 1.82) is 0 Å². The molecular formula is C14H23N9S3. The van der Waals surface area contributed by atoms with Crippen molar-refractivity contribution in [3.8, 4) is 0 Å². The molecule has 26 heavy (non-hydrogen) atoms. The molecule has 7 N–H and O–H groups in total. The van der Waals surface area contributed by atoms with E-state index in [1.54, 1.807) is 12.3 Å². The van der Waals surface area contributed by atoms with Crippen molar-refractivity contribution in [3.05, 3.63) is 6.08 Å². The predicted molar refractivity (Wildman–Crippen MR) is 121 cm³/mol. The molecule has 0 unspecified atom stereocenters. The first-order valence-corrected chi connectivity index (χ1v) is 8.80. The van der Waals surface area contributed by atoms with Gasteiger partial charge in [-0.3, -0.25) is 10.9 Å². The van der Waals surface area contributed by atoms with Gasteiger partial charge in [-0.1, -0.05) is 0 Å². The van der Waals surface area contributed by atoms with Gasteiger partial charge in [0.2, 0.25) is 5.11 Å². The number of hydrogen-bond donors (Lipinski definition) is 5. The normalized spacial score (nSPS) is 11.5. The molecule has 0 heterocycles. The van der Waals surface area contributed by atoms with Gasteiger partial charge in [0.15, 0.2) is 10.2 Å². The summed E-state index contributed by atoms with van der Waals surface area (Å²) in [6.07, 6.45) is 6.25. The number of rotatable bonds is 9. The van der Waals surface area contributed by atoms with Crippen LogP contribution in [-0.4, -0.2) is 38.8 Å². The summed E-state index contributed by atoms with van der Waals surface area (Å²) in [6.45, 7) is 3.73. The van der Waals surface area contributed by atoms with E-state index in [0.717, 1.165) is 17.8 Å². The number of hydrazone groups is 3. The second-order valence-corrected chi connectivity index (χ2v) is 6.16. The molecular weight excluding hydrogens is 390 g/mol. The summed E-state index contributed by atoms with van der Waals surface area (Å²) in [6, 6.07) is 0. The average molecular weight is 414 g/mol. The molecule has 0 aromatic rings. The number of nitrogens with one attached hydrogen (secondary N) is 3. The maximum Gasteiger partial charge on any atom is 0.213 e. The molecule has 0 aliphatic carbocycles. The molecule has 142 valence electrons. The molecule has 9 nitrogen and oxygen atoms in total. The van der Waals surface area contributed by atoms with Crippen LogP contribution in [0.1, 0.15) is 39.5 Å². The van der Waals surface area contributed by atoms with E-state index in [1.807, 2.05) is 13.8 Å². The number of nitrogens with two attached hydrogens (primary N) is 2. The third kappa shape index (κ3) is 16.6. The lowest BCUT2D eigenvalue weighted by atomic mass is 10.2. The van der Waals surface area contributed by atoms with Gasteiger partial charge in [-0.05, 0) is 82.3 Å². The number of nitrogens with zero attached hydrogens (tertiary/aromatic N) is 4. The first kappa shape index (κ1) is 23.7. The summed E-state index contributed by atoms with van der Waals surface area (Å²) in [7, 11) is 0. The Morgan fingerprint density at radius 3 is 2.27 bits per heavy atom. The molecule has 0 atom stereocenters. The SMILES string of the molecule is C/C(CCC=C=NNC(=S)/N=C(\C)CC/C=N/NC(N)=S)=N\NC(N)=S. The summed E-state index contributed by atoms with van der Waals surface area (Å²) in [5, 5.41) is 12.2. The molecule has 12 heteroatoms. The minimum absolute atomic E-state index is 0.127. The average Bonchev–Trinajstić information content (AvgIpc) is 2.55. The van der Waals surface area contributed by atoms with Crippen molar-refractivity contribution in [2.45, 2.75) is 39.5 Å². The van der Waals surface area contributed by atoms with Crippen LogP contribution < -0.4 is 27.7 Å². The van der Waals surface area contributed by atoms with E-state index in [0.29, 0.717) is 19.3 Å². The molecule has 0 saturated carbocycles. The Balaban J connectivity index is 4.09. The molecule has 0 aromatic carbocycles. The lowest BCUT2D eigenvalue weighted by Crippen LogP contribution is -2.25. The molecule has 0 saturated heterocycles. The van der Waals surface area contributed by atoms with Crippen LogP contribution in [0.25, 0.3) is 0 Å². The Morgan fingerprint density at radius 2 is 1.62 bits per heavy atom. The molecule has 0 amide bonds. The van der Waals surface area contributed by atoms with E-state index < -0.39 is 0 Å². The Labute approximate surface area is 169 Å². The van der Waals surface area contributed by atoms with E-state index in [4.69, 9.17) is 23.7 Å². The number of hydrogen-bond acceptors (Lipinski definition) is 6. The summed E-state index contributed by atoms with van der Waals surface area (Å²) >= 11 is 14.3. The Hall–Kier alpha value is -2.27. The Bertz CT molecular complexity index is 646. The smallest absolute Gasteiger partial charge is 0.213 e. The summed E-state index contributed by atoms with van der Waals surface area (Å²) in [5.41, 5.74) is 19.9. The zero-order valence-electron chi connectivity index (χ0n) is 14.7. The van der Waals surface area contributed by atoms with Gasteiger partial charge < -0.3 is 11.5 Å². The van der Waals surface area contributed by atoms with Crippen molar-refractivity contribution in [2.24, 2.45) is 31.8 Å². The molecule has 0 rings (SSSR count). The van der Waals surface area contributed by atoms with Crippen LogP contribution in [0.5, 0.6) is 0 Å². The van der Waals surface area contributed by atoms with Gasteiger partial charge in [-0.15, -0.1) is 5.10 Å².